The lowest BCUT2D eigenvalue weighted by Crippen LogP contribution is -2.72. The van der Waals surface area contributed by atoms with Crippen LogP contribution in [0.1, 0.15) is 33.6 Å². The highest BCUT2D eigenvalue weighted by Crippen LogP contribution is 2.46. The fourth-order valence-corrected chi connectivity index (χ4v) is 5.19. The van der Waals surface area contributed by atoms with Crippen LogP contribution in [0.2, 0.25) is 18.1 Å². The lowest BCUT2D eigenvalue weighted by atomic mass is 9.85. The van der Waals surface area contributed by atoms with Crippen molar-refractivity contribution in [3.63, 3.8) is 0 Å². The van der Waals surface area contributed by atoms with E-state index in [0.717, 1.165) is 6.42 Å². The zero-order chi connectivity index (χ0) is 15.0. The Morgan fingerprint density at radius 3 is 2.25 bits per heavy atom. The molecule has 0 saturated carbocycles. The maximum Gasteiger partial charge on any atom is 0.221 e. The summed E-state index contributed by atoms with van der Waals surface area (Å²) in [5.74, 6) is 12.6. The third-order valence-electron chi connectivity index (χ3n) is 4.88. The molecule has 3 heteroatoms. The SMILES string of the molecule is CC(C)(C)[Si](C)(C)N1C(=O)[C@H]2CC#C/C=C\C#CC[C@@H]21. The summed E-state index contributed by atoms with van der Waals surface area (Å²) in [5, 5.41) is 0.169. The second-order valence-corrected chi connectivity index (χ2v) is 12.2. The van der Waals surface area contributed by atoms with Gasteiger partial charge in [-0.15, -0.1) is 0 Å². The molecule has 0 aromatic heterocycles. The van der Waals surface area contributed by atoms with Gasteiger partial charge in [0, 0.05) is 18.9 Å². The molecular formula is C17H23NOSi. The van der Waals surface area contributed by atoms with Crippen molar-refractivity contribution in [3.8, 4) is 23.7 Å². The van der Waals surface area contributed by atoms with Gasteiger partial charge in [0.15, 0.2) is 8.24 Å². The molecule has 1 amide bonds. The highest BCUT2D eigenvalue weighted by atomic mass is 28.3. The summed E-state index contributed by atoms with van der Waals surface area (Å²) in [6, 6.07) is 0.261. The molecule has 0 spiro atoms. The van der Waals surface area contributed by atoms with Crippen molar-refractivity contribution in [3.05, 3.63) is 12.2 Å². The van der Waals surface area contributed by atoms with Gasteiger partial charge in [0.1, 0.15) is 0 Å². The molecule has 20 heavy (non-hydrogen) atoms. The van der Waals surface area contributed by atoms with Gasteiger partial charge >= 0.3 is 0 Å². The number of rotatable bonds is 1. The predicted octanol–water partition coefficient (Wildman–Crippen LogP) is 3.18. The molecule has 0 radical (unpaired) electrons. The lowest BCUT2D eigenvalue weighted by Gasteiger charge is -2.58. The Balaban J connectivity index is 2.29. The average molecular weight is 285 g/mol. The summed E-state index contributed by atoms with van der Waals surface area (Å²) in [6.07, 6.45) is 5.00. The Kier molecular flexibility index (Phi) is 3.85. The van der Waals surface area contributed by atoms with E-state index in [1.165, 1.54) is 0 Å². The number of fused-ring (bicyclic) bond motifs is 1. The van der Waals surface area contributed by atoms with E-state index in [1.807, 2.05) is 0 Å². The molecular weight excluding hydrogens is 262 g/mol. The molecule has 2 atom stereocenters. The standard InChI is InChI=1S/C17H23NOSi/c1-17(2,3)20(4,5)18-15-13-11-9-7-6-8-10-12-14(15)16(18)19/h6-7,14-15H,12-13H2,1-5H3/b7-6-/t14-,15-/m0/s1. The number of hydrogen-bond acceptors (Lipinski definition) is 1. The van der Waals surface area contributed by atoms with Crippen molar-refractivity contribution in [2.24, 2.45) is 5.92 Å². The third-order valence-corrected chi connectivity index (χ3v) is 10.3. The van der Waals surface area contributed by atoms with Gasteiger partial charge in [-0.05, 0) is 17.2 Å². The lowest BCUT2D eigenvalue weighted by molar-refractivity contribution is -0.147. The second-order valence-electron chi connectivity index (χ2n) is 7.07. The van der Waals surface area contributed by atoms with Gasteiger partial charge in [0.2, 0.25) is 5.91 Å². The summed E-state index contributed by atoms with van der Waals surface area (Å²) in [4.78, 5) is 12.6. The molecule has 0 bridgehead atoms. The molecule has 1 aliphatic carbocycles. The minimum atomic E-state index is -1.81. The minimum Gasteiger partial charge on any atom is -0.364 e. The van der Waals surface area contributed by atoms with E-state index >= 15 is 0 Å². The topological polar surface area (TPSA) is 20.3 Å². The van der Waals surface area contributed by atoms with Crippen LogP contribution in [0.5, 0.6) is 0 Å². The molecule has 1 heterocycles. The first-order valence-electron chi connectivity index (χ1n) is 7.22. The highest BCUT2D eigenvalue weighted by Gasteiger charge is 2.56. The van der Waals surface area contributed by atoms with E-state index < -0.39 is 8.24 Å². The second kappa shape index (κ2) is 5.15. The maximum atomic E-state index is 12.6. The van der Waals surface area contributed by atoms with Crippen LogP contribution < -0.4 is 0 Å². The van der Waals surface area contributed by atoms with Gasteiger partial charge < -0.3 is 4.57 Å². The number of nitrogens with zero attached hydrogens (tertiary/aromatic N) is 1. The number of carbonyl (C=O) groups excluding carboxylic acids is 1. The quantitative estimate of drug-likeness (QED) is 0.412. The van der Waals surface area contributed by atoms with Crippen molar-refractivity contribution in [2.45, 2.75) is 57.8 Å². The molecule has 2 nitrogen and oxygen atoms in total. The van der Waals surface area contributed by atoms with E-state index in [4.69, 9.17) is 0 Å². The minimum absolute atomic E-state index is 0.0532. The van der Waals surface area contributed by atoms with Gasteiger partial charge in [0.05, 0.1) is 5.92 Å². The van der Waals surface area contributed by atoms with Gasteiger partial charge in [-0.2, -0.15) is 0 Å². The Morgan fingerprint density at radius 1 is 1.15 bits per heavy atom. The van der Waals surface area contributed by atoms with Crippen molar-refractivity contribution >= 4 is 14.1 Å². The fourth-order valence-electron chi connectivity index (χ4n) is 2.65. The van der Waals surface area contributed by atoms with Crippen LogP contribution in [0.4, 0.5) is 0 Å². The Bertz CT molecular complexity index is 560. The van der Waals surface area contributed by atoms with Crippen LogP contribution in [0.3, 0.4) is 0 Å². The summed E-state index contributed by atoms with van der Waals surface area (Å²) >= 11 is 0. The van der Waals surface area contributed by atoms with E-state index in [1.54, 1.807) is 12.2 Å². The predicted molar refractivity (Wildman–Crippen MR) is 85.2 cm³/mol. The Morgan fingerprint density at radius 2 is 1.70 bits per heavy atom. The van der Waals surface area contributed by atoms with Gasteiger partial charge in [-0.3, -0.25) is 4.79 Å². The first-order valence-corrected chi connectivity index (χ1v) is 10.2. The van der Waals surface area contributed by atoms with Crippen molar-refractivity contribution in [1.82, 2.24) is 4.57 Å². The molecule has 0 unspecified atom stereocenters. The highest BCUT2D eigenvalue weighted by molar-refractivity contribution is 6.80. The first kappa shape index (κ1) is 14.9. The van der Waals surface area contributed by atoms with Crippen LogP contribution in [0.25, 0.3) is 0 Å². The van der Waals surface area contributed by atoms with Crippen LogP contribution in [-0.2, 0) is 4.79 Å². The molecule has 106 valence electrons. The molecule has 2 rings (SSSR count). The van der Waals surface area contributed by atoms with E-state index in [9.17, 15) is 4.79 Å². The molecule has 0 aromatic carbocycles. The van der Waals surface area contributed by atoms with E-state index in [2.05, 4.69) is 62.1 Å². The normalized spacial score (nSPS) is 27.2. The Hall–Kier alpha value is -1.45. The third kappa shape index (κ3) is 2.43. The average Bonchev–Trinajstić information content (AvgIpc) is 2.33. The largest absolute Gasteiger partial charge is 0.364 e. The van der Waals surface area contributed by atoms with Gasteiger partial charge in [-0.25, -0.2) is 0 Å². The maximum absolute atomic E-state index is 12.6. The van der Waals surface area contributed by atoms with Crippen LogP contribution in [0.15, 0.2) is 12.2 Å². The molecule has 2 aliphatic rings. The smallest absolute Gasteiger partial charge is 0.221 e. The van der Waals surface area contributed by atoms with Crippen molar-refractivity contribution < 1.29 is 4.79 Å². The number of amides is 1. The molecule has 0 N–H and O–H groups in total. The van der Waals surface area contributed by atoms with Crippen LogP contribution >= 0.6 is 0 Å². The fraction of sp³-hybridized carbons (Fsp3) is 0.588. The number of allylic oxidation sites excluding steroid dienone is 2. The first-order chi connectivity index (χ1) is 9.27. The summed E-state index contributed by atoms with van der Waals surface area (Å²) in [6.45, 7) is 11.3. The zero-order valence-corrected chi connectivity index (χ0v) is 14.1. The summed E-state index contributed by atoms with van der Waals surface area (Å²) < 4.78 is 2.18. The van der Waals surface area contributed by atoms with Gasteiger partial charge in [-0.1, -0.05) is 57.5 Å². The Labute approximate surface area is 123 Å². The number of β-lactam (4-membered cyclic amide) rings is 1. The molecule has 0 aromatic rings. The monoisotopic (exact) mass is 285 g/mol. The summed E-state index contributed by atoms with van der Waals surface area (Å²) in [7, 11) is -1.81. The van der Waals surface area contributed by atoms with E-state index in [-0.39, 0.29) is 17.0 Å². The number of hydrogen-bond donors (Lipinski definition) is 0. The van der Waals surface area contributed by atoms with Crippen LogP contribution in [-0.4, -0.2) is 24.7 Å². The summed E-state index contributed by atoms with van der Waals surface area (Å²) in [5.41, 5.74) is 0. The van der Waals surface area contributed by atoms with Crippen molar-refractivity contribution in [2.75, 3.05) is 0 Å². The molecule has 1 aliphatic heterocycles. The molecule has 1 fully saturated rings. The van der Waals surface area contributed by atoms with Crippen molar-refractivity contribution in [1.29, 1.82) is 0 Å². The van der Waals surface area contributed by atoms with E-state index in [0.29, 0.717) is 12.3 Å². The molecule has 1 saturated heterocycles. The number of carbonyl (C=O) groups is 1. The zero-order valence-electron chi connectivity index (χ0n) is 13.1. The van der Waals surface area contributed by atoms with Crippen LogP contribution in [0, 0.1) is 29.6 Å². The van der Waals surface area contributed by atoms with Gasteiger partial charge in [0.25, 0.3) is 0 Å².